The SMILES string of the molecule is CN1CCN(C(=O)CNC2CCCCCC2O)CC1. The molecule has 19 heavy (non-hydrogen) atoms. The molecule has 0 aromatic rings. The molecule has 110 valence electrons. The van der Waals surface area contributed by atoms with Gasteiger partial charge in [-0.1, -0.05) is 19.3 Å². The van der Waals surface area contributed by atoms with Crippen molar-refractivity contribution in [3.8, 4) is 0 Å². The van der Waals surface area contributed by atoms with E-state index in [0.717, 1.165) is 51.9 Å². The second kappa shape index (κ2) is 7.22. The topological polar surface area (TPSA) is 55.8 Å². The Hall–Kier alpha value is -0.650. The Bertz CT molecular complexity index is 290. The molecule has 2 aliphatic rings. The molecular formula is C14H27N3O2. The van der Waals surface area contributed by atoms with E-state index < -0.39 is 0 Å². The molecule has 2 N–H and O–H groups in total. The summed E-state index contributed by atoms with van der Waals surface area (Å²) >= 11 is 0. The third-order valence-electron chi connectivity index (χ3n) is 4.35. The van der Waals surface area contributed by atoms with Gasteiger partial charge in [-0.15, -0.1) is 0 Å². The Labute approximate surface area is 115 Å². The van der Waals surface area contributed by atoms with E-state index in [2.05, 4.69) is 17.3 Å². The first-order valence-corrected chi connectivity index (χ1v) is 7.54. The quantitative estimate of drug-likeness (QED) is 0.711. The Morgan fingerprint density at radius 1 is 1.16 bits per heavy atom. The molecule has 1 aliphatic carbocycles. The van der Waals surface area contributed by atoms with E-state index in [1.165, 1.54) is 6.42 Å². The summed E-state index contributed by atoms with van der Waals surface area (Å²) in [7, 11) is 2.09. The molecule has 1 heterocycles. The van der Waals surface area contributed by atoms with Crippen LogP contribution in [0.4, 0.5) is 0 Å². The molecule has 0 aromatic carbocycles. The number of nitrogens with zero attached hydrogens (tertiary/aromatic N) is 2. The highest BCUT2D eigenvalue weighted by Crippen LogP contribution is 2.17. The van der Waals surface area contributed by atoms with E-state index in [0.29, 0.717) is 6.54 Å². The fraction of sp³-hybridized carbons (Fsp3) is 0.929. The fourth-order valence-electron chi connectivity index (χ4n) is 2.91. The van der Waals surface area contributed by atoms with Crippen molar-refractivity contribution in [2.45, 2.75) is 44.2 Å². The molecule has 2 atom stereocenters. The van der Waals surface area contributed by atoms with E-state index in [9.17, 15) is 9.90 Å². The minimum absolute atomic E-state index is 0.0962. The maximum absolute atomic E-state index is 12.1. The van der Waals surface area contributed by atoms with Crippen LogP contribution in [0.2, 0.25) is 0 Å². The average molecular weight is 269 g/mol. The summed E-state index contributed by atoms with van der Waals surface area (Å²) in [6.07, 6.45) is 5.00. The Balaban J connectivity index is 1.73. The van der Waals surface area contributed by atoms with Crippen LogP contribution in [-0.2, 0) is 4.79 Å². The van der Waals surface area contributed by atoms with Gasteiger partial charge in [-0.05, 0) is 19.9 Å². The highest BCUT2D eigenvalue weighted by molar-refractivity contribution is 5.78. The van der Waals surface area contributed by atoms with Crippen molar-refractivity contribution in [3.63, 3.8) is 0 Å². The molecule has 5 nitrogen and oxygen atoms in total. The van der Waals surface area contributed by atoms with Crippen LogP contribution in [0.15, 0.2) is 0 Å². The predicted octanol–water partition coefficient (Wildman–Crippen LogP) is 0.0436. The van der Waals surface area contributed by atoms with Crippen molar-refractivity contribution < 1.29 is 9.90 Å². The van der Waals surface area contributed by atoms with E-state index in [1.54, 1.807) is 0 Å². The number of aliphatic hydroxyl groups excluding tert-OH is 1. The summed E-state index contributed by atoms with van der Waals surface area (Å²) < 4.78 is 0. The van der Waals surface area contributed by atoms with Gasteiger partial charge in [0, 0.05) is 32.2 Å². The van der Waals surface area contributed by atoms with Gasteiger partial charge in [0.15, 0.2) is 0 Å². The molecule has 1 aliphatic heterocycles. The largest absolute Gasteiger partial charge is 0.392 e. The third-order valence-corrected chi connectivity index (χ3v) is 4.35. The lowest BCUT2D eigenvalue weighted by Gasteiger charge is -2.33. The third kappa shape index (κ3) is 4.44. The number of hydrogen-bond acceptors (Lipinski definition) is 4. The van der Waals surface area contributed by atoms with E-state index in [4.69, 9.17) is 0 Å². The fourth-order valence-corrected chi connectivity index (χ4v) is 2.91. The van der Waals surface area contributed by atoms with Gasteiger partial charge < -0.3 is 20.2 Å². The maximum Gasteiger partial charge on any atom is 0.236 e. The second-order valence-electron chi connectivity index (χ2n) is 5.88. The van der Waals surface area contributed by atoms with E-state index >= 15 is 0 Å². The highest BCUT2D eigenvalue weighted by atomic mass is 16.3. The summed E-state index contributed by atoms with van der Waals surface area (Å²) in [6.45, 7) is 3.93. The number of carbonyl (C=O) groups excluding carboxylic acids is 1. The van der Waals surface area contributed by atoms with Gasteiger partial charge in [0.05, 0.1) is 12.6 Å². The van der Waals surface area contributed by atoms with Crippen molar-refractivity contribution in [2.24, 2.45) is 0 Å². The molecule has 1 amide bonds. The summed E-state index contributed by atoms with van der Waals surface area (Å²) in [5.74, 6) is 0.171. The van der Waals surface area contributed by atoms with Crippen molar-refractivity contribution in [3.05, 3.63) is 0 Å². The smallest absolute Gasteiger partial charge is 0.236 e. The zero-order chi connectivity index (χ0) is 13.7. The van der Waals surface area contributed by atoms with Crippen molar-refractivity contribution >= 4 is 5.91 Å². The van der Waals surface area contributed by atoms with Crippen LogP contribution in [0.3, 0.4) is 0 Å². The minimum Gasteiger partial charge on any atom is -0.392 e. The first kappa shape index (κ1) is 14.8. The first-order chi connectivity index (χ1) is 9.16. The van der Waals surface area contributed by atoms with Crippen molar-refractivity contribution in [1.29, 1.82) is 0 Å². The molecule has 2 rings (SSSR count). The van der Waals surface area contributed by atoms with Gasteiger partial charge in [0.25, 0.3) is 0 Å². The molecule has 0 aromatic heterocycles. The van der Waals surface area contributed by atoms with E-state index in [-0.39, 0.29) is 18.1 Å². The summed E-state index contributed by atoms with van der Waals surface area (Å²) in [5.41, 5.74) is 0. The van der Waals surface area contributed by atoms with Crippen LogP contribution in [0, 0.1) is 0 Å². The number of piperazine rings is 1. The zero-order valence-corrected chi connectivity index (χ0v) is 12.0. The lowest BCUT2D eigenvalue weighted by atomic mass is 10.1. The summed E-state index contributed by atoms with van der Waals surface area (Å²) in [5, 5.41) is 13.3. The van der Waals surface area contributed by atoms with Gasteiger partial charge in [0.1, 0.15) is 0 Å². The van der Waals surface area contributed by atoms with Crippen LogP contribution < -0.4 is 5.32 Å². The monoisotopic (exact) mass is 269 g/mol. The Morgan fingerprint density at radius 2 is 1.84 bits per heavy atom. The van der Waals surface area contributed by atoms with Crippen LogP contribution in [0.25, 0.3) is 0 Å². The van der Waals surface area contributed by atoms with Gasteiger partial charge in [-0.2, -0.15) is 0 Å². The maximum atomic E-state index is 12.1. The standard InChI is InChI=1S/C14H27N3O2/c1-16-7-9-17(10-8-16)14(19)11-15-12-5-3-2-4-6-13(12)18/h12-13,15,18H,2-11H2,1H3. The van der Waals surface area contributed by atoms with E-state index in [1.807, 2.05) is 4.90 Å². The number of hydrogen-bond donors (Lipinski definition) is 2. The van der Waals surface area contributed by atoms with Gasteiger partial charge >= 0.3 is 0 Å². The molecule has 2 unspecified atom stereocenters. The van der Waals surface area contributed by atoms with Crippen LogP contribution >= 0.6 is 0 Å². The normalized spacial score (nSPS) is 30.1. The lowest BCUT2D eigenvalue weighted by molar-refractivity contribution is -0.132. The second-order valence-corrected chi connectivity index (χ2v) is 5.88. The molecular weight excluding hydrogens is 242 g/mol. The van der Waals surface area contributed by atoms with Crippen LogP contribution in [0.5, 0.6) is 0 Å². The van der Waals surface area contributed by atoms with Crippen molar-refractivity contribution in [2.75, 3.05) is 39.8 Å². The van der Waals surface area contributed by atoms with Crippen LogP contribution in [-0.4, -0.2) is 72.7 Å². The minimum atomic E-state index is -0.289. The van der Waals surface area contributed by atoms with Crippen molar-refractivity contribution in [1.82, 2.24) is 15.1 Å². The highest BCUT2D eigenvalue weighted by Gasteiger charge is 2.24. The molecule has 2 fully saturated rings. The molecule has 0 radical (unpaired) electrons. The Kier molecular flexibility index (Phi) is 5.60. The molecule has 0 bridgehead atoms. The molecule has 5 heteroatoms. The molecule has 1 saturated heterocycles. The van der Waals surface area contributed by atoms with Gasteiger partial charge in [-0.25, -0.2) is 0 Å². The van der Waals surface area contributed by atoms with Gasteiger partial charge in [0.2, 0.25) is 5.91 Å². The molecule has 0 spiro atoms. The number of aliphatic hydroxyl groups is 1. The lowest BCUT2D eigenvalue weighted by Crippen LogP contribution is -2.51. The summed E-state index contributed by atoms with van der Waals surface area (Å²) in [6, 6.07) is 0.0962. The predicted molar refractivity (Wildman–Crippen MR) is 75.0 cm³/mol. The number of amides is 1. The zero-order valence-electron chi connectivity index (χ0n) is 12.0. The number of nitrogens with one attached hydrogen (secondary N) is 1. The number of rotatable bonds is 3. The average Bonchev–Trinajstić information content (AvgIpc) is 2.61. The number of carbonyl (C=O) groups is 1. The van der Waals surface area contributed by atoms with Crippen LogP contribution in [0.1, 0.15) is 32.1 Å². The van der Waals surface area contributed by atoms with Gasteiger partial charge in [-0.3, -0.25) is 4.79 Å². The number of likely N-dealkylation sites (N-methyl/N-ethyl adjacent to an activating group) is 1. The first-order valence-electron chi connectivity index (χ1n) is 7.54. The molecule has 1 saturated carbocycles. The Morgan fingerprint density at radius 3 is 2.58 bits per heavy atom. The summed E-state index contributed by atoms with van der Waals surface area (Å²) in [4.78, 5) is 16.3.